The number of halogens is 12. The average molecular weight is 458 g/mol. The van der Waals surface area contributed by atoms with Gasteiger partial charge in [-0.2, -0.15) is 35.1 Å². The smallest absolute Gasteiger partial charge is 0.184 e. The Morgan fingerprint density at radius 2 is 0.842 bits per heavy atom. The lowest BCUT2D eigenvalue weighted by Crippen LogP contribution is -2.35. The van der Waals surface area contributed by atoms with E-state index in [2.05, 4.69) is 0 Å². The van der Waals surface area contributed by atoms with Crippen molar-refractivity contribution in [2.24, 2.45) is 8.73 Å². The molecule has 0 aliphatic heterocycles. The molecule has 0 N–H and O–H groups in total. The van der Waals surface area contributed by atoms with Crippen LogP contribution in [0.5, 0.6) is 0 Å². The van der Waals surface area contributed by atoms with Gasteiger partial charge in [0.15, 0.2) is 0 Å². The van der Waals surface area contributed by atoms with Crippen LogP contribution in [-0.4, -0.2) is 21.8 Å². The minimum absolute atomic E-state index is 0.830. The number of rotatable bonds is 4. The molecular formula is C4Br2F10N2S. The van der Waals surface area contributed by atoms with E-state index in [4.69, 9.17) is 0 Å². The van der Waals surface area contributed by atoms with Crippen molar-refractivity contribution in [1.82, 2.24) is 0 Å². The zero-order valence-corrected chi connectivity index (χ0v) is 11.8. The molecule has 19 heavy (non-hydrogen) atoms. The molecule has 15 heteroatoms. The minimum Gasteiger partial charge on any atom is -0.184 e. The van der Waals surface area contributed by atoms with Gasteiger partial charge >= 0.3 is 21.8 Å². The number of hydrogen-bond donors (Lipinski definition) is 0. The van der Waals surface area contributed by atoms with Crippen LogP contribution in [0.2, 0.25) is 0 Å². The Morgan fingerprint density at radius 1 is 0.632 bits per heavy atom. The van der Waals surface area contributed by atoms with E-state index in [1.807, 2.05) is 0 Å². The van der Waals surface area contributed by atoms with Crippen LogP contribution in [0.1, 0.15) is 0 Å². The van der Waals surface area contributed by atoms with Gasteiger partial charge in [-0.3, -0.25) is 0 Å². The van der Waals surface area contributed by atoms with E-state index in [0.717, 1.165) is 40.6 Å². The van der Waals surface area contributed by atoms with E-state index in [-0.39, 0.29) is 0 Å². The standard InChI is InChI=1S/C4Br2F10N2S/c5-1(7,8)3(11,12)17-19(15,16)18-4(13,14)2(6,9)10. The molecule has 0 spiro atoms. The first-order valence-corrected chi connectivity index (χ1v) is 6.44. The van der Waals surface area contributed by atoms with Crippen LogP contribution in [0.3, 0.4) is 0 Å². The van der Waals surface area contributed by atoms with Gasteiger partial charge in [-0.15, -0.1) is 16.5 Å². The van der Waals surface area contributed by atoms with Gasteiger partial charge in [-0.05, 0) is 31.9 Å². The third-order valence-electron chi connectivity index (χ3n) is 1.13. The van der Waals surface area contributed by atoms with Gasteiger partial charge in [0, 0.05) is 0 Å². The summed E-state index contributed by atoms with van der Waals surface area (Å²) in [5, 5.41) is 0. The van der Waals surface area contributed by atoms with Crippen molar-refractivity contribution in [1.29, 1.82) is 0 Å². The van der Waals surface area contributed by atoms with Gasteiger partial charge < -0.3 is 0 Å². The molecule has 0 bridgehead atoms. The number of alkyl halides is 10. The third kappa shape index (κ3) is 5.24. The molecule has 116 valence electrons. The molecule has 0 atom stereocenters. The van der Waals surface area contributed by atoms with Crippen LogP contribution in [0, 0.1) is 0 Å². The maximum atomic E-state index is 12.6. The summed E-state index contributed by atoms with van der Waals surface area (Å²) < 4.78 is 125. The first kappa shape index (κ1) is 19.2. The van der Waals surface area contributed by atoms with Crippen LogP contribution in [0.15, 0.2) is 8.73 Å². The summed E-state index contributed by atoms with van der Waals surface area (Å²) >= 11 is 1.98. The molecule has 0 aromatic rings. The highest BCUT2D eigenvalue weighted by atomic mass is 79.9. The summed E-state index contributed by atoms with van der Waals surface area (Å²) in [7, 11) is -6.83. The highest BCUT2D eigenvalue weighted by Gasteiger charge is 2.58. The molecule has 0 aliphatic rings. The lowest BCUT2D eigenvalue weighted by atomic mass is 10.6. The van der Waals surface area contributed by atoms with Crippen molar-refractivity contribution in [2.75, 3.05) is 0 Å². The molecule has 0 aromatic carbocycles. The normalized spacial score (nSPS) is 15.4. The Labute approximate surface area is 116 Å². The van der Waals surface area contributed by atoms with Gasteiger partial charge in [-0.1, -0.05) is 0 Å². The van der Waals surface area contributed by atoms with Crippen LogP contribution in [0.4, 0.5) is 42.9 Å². The molecule has 2 nitrogen and oxygen atoms in total. The molecule has 0 unspecified atom stereocenters. The third-order valence-corrected chi connectivity index (χ3v) is 2.98. The van der Waals surface area contributed by atoms with Crippen molar-refractivity contribution in [3.05, 3.63) is 0 Å². The van der Waals surface area contributed by atoms with E-state index < -0.39 is 32.1 Å². The van der Waals surface area contributed by atoms with Crippen molar-refractivity contribution >= 4 is 42.3 Å². The predicted molar refractivity (Wildman–Crippen MR) is 52.1 cm³/mol. The predicted octanol–water partition coefficient (Wildman–Crippen LogP) is 5.44. The van der Waals surface area contributed by atoms with Crippen molar-refractivity contribution in [2.45, 2.75) is 21.8 Å². The van der Waals surface area contributed by atoms with Crippen LogP contribution in [0.25, 0.3) is 0 Å². The van der Waals surface area contributed by atoms with Crippen molar-refractivity contribution < 1.29 is 42.9 Å². The first-order valence-electron chi connectivity index (χ1n) is 3.51. The lowest BCUT2D eigenvalue weighted by molar-refractivity contribution is -0.142. The first-order chi connectivity index (χ1) is 7.91. The summed E-state index contributed by atoms with van der Waals surface area (Å²) in [6, 6.07) is -11.7. The largest absolute Gasteiger partial charge is 0.425 e. The Bertz CT molecular complexity index is 409. The molecule has 0 heterocycles. The molecule has 0 aliphatic carbocycles. The van der Waals surface area contributed by atoms with Gasteiger partial charge in [0.25, 0.3) is 10.4 Å². The van der Waals surface area contributed by atoms with E-state index >= 15 is 0 Å². The Hall–Kier alpha value is 0.210. The Kier molecular flexibility index (Phi) is 5.26. The van der Waals surface area contributed by atoms with Gasteiger partial charge in [0.2, 0.25) is 0 Å². The topological polar surface area (TPSA) is 24.7 Å². The van der Waals surface area contributed by atoms with E-state index in [9.17, 15) is 42.9 Å². The van der Waals surface area contributed by atoms with Crippen LogP contribution >= 0.6 is 31.9 Å². The van der Waals surface area contributed by atoms with Gasteiger partial charge in [0.05, 0.1) is 0 Å². The van der Waals surface area contributed by atoms with E-state index in [1.165, 1.54) is 0 Å². The zero-order valence-electron chi connectivity index (χ0n) is 7.84. The maximum absolute atomic E-state index is 12.6. The number of hydrogen-bond acceptors (Lipinski definition) is 2. The molecule has 0 rings (SSSR count). The van der Waals surface area contributed by atoms with Crippen molar-refractivity contribution in [3.8, 4) is 0 Å². The molecular weight excluding hydrogens is 458 g/mol. The fourth-order valence-electron chi connectivity index (χ4n) is 0.400. The van der Waals surface area contributed by atoms with Gasteiger partial charge in [-0.25, -0.2) is 0 Å². The monoisotopic (exact) mass is 456 g/mol. The Morgan fingerprint density at radius 3 is 1.00 bits per heavy atom. The van der Waals surface area contributed by atoms with E-state index in [1.54, 1.807) is 0 Å². The van der Waals surface area contributed by atoms with Crippen LogP contribution < -0.4 is 0 Å². The molecule has 0 radical (unpaired) electrons. The molecule has 0 saturated heterocycles. The second kappa shape index (κ2) is 5.20. The fraction of sp³-hybridized carbons (Fsp3) is 1.00. The summed E-state index contributed by atoms with van der Waals surface area (Å²) in [6.45, 7) is 0. The SMILES string of the molecule is FC(F)(Br)C(F)(F)N=S(F)(F)=NC(F)(F)C(F)(F)Br. The number of nitrogens with zero attached hydrogens (tertiary/aromatic N) is 2. The summed E-state index contributed by atoms with van der Waals surface area (Å²) in [4.78, 5) is -10.6. The molecule has 0 amide bonds. The summed E-state index contributed by atoms with van der Waals surface area (Å²) in [5.74, 6) is 0. The highest BCUT2D eigenvalue weighted by Crippen LogP contribution is 2.44. The second-order valence-electron chi connectivity index (χ2n) is 2.68. The Balaban J connectivity index is 5.90. The van der Waals surface area contributed by atoms with Crippen molar-refractivity contribution in [3.63, 3.8) is 0 Å². The van der Waals surface area contributed by atoms with Crippen LogP contribution in [-0.2, 0) is 10.4 Å². The summed E-state index contributed by atoms with van der Waals surface area (Å²) in [5.41, 5.74) is 0. The zero-order chi connectivity index (χ0) is 15.9. The second-order valence-corrected chi connectivity index (χ2v) is 5.87. The summed E-state index contributed by atoms with van der Waals surface area (Å²) in [6.07, 6.45) is 0. The van der Waals surface area contributed by atoms with Gasteiger partial charge in [0.1, 0.15) is 0 Å². The molecule has 0 aromatic heterocycles. The highest BCUT2D eigenvalue weighted by molar-refractivity contribution is 9.10. The lowest BCUT2D eigenvalue weighted by Gasteiger charge is -2.18. The maximum Gasteiger partial charge on any atom is 0.425 e. The molecule has 0 fully saturated rings. The van der Waals surface area contributed by atoms with E-state index in [0.29, 0.717) is 0 Å². The minimum atomic E-state index is -6.83. The average Bonchev–Trinajstić information content (AvgIpc) is 1.93. The quantitative estimate of drug-likeness (QED) is 0.305. The molecule has 0 saturated carbocycles. The fourth-order valence-corrected chi connectivity index (χ4v) is 1.63.